The van der Waals surface area contributed by atoms with Gasteiger partial charge in [0.15, 0.2) is 11.4 Å². The quantitative estimate of drug-likeness (QED) is 0.340. The molecule has 5 aromatic rings. The van der Waals surface area contributed by atoms with E-state index in [1.807, 2.05) is 34.9 Å². The van der Waals surface area contributed by atoms with E-state index >= 15 is 0 Å². The molecule has 6 nitrogen and oxygen atoms in total. The fourth-order valence-electron chi connectivity index (χ4n) is 5.78. The molecule has 4 aromatic carbocycles. The molecule has 0 fully saturated rings. The van der Waals surface area contributed by atoms with E-state index in [1.165, 1.54) is 16.9 Å². The highest BCUT2D eigenvalue weighted by molar-refractivity contribution is 7.07. The standard InChI is InChI=1S/C33H24N2O4S/c36-29(37)19-39-23-11-5-7-20(17-23)18-28-32(38)35-31(26-14-6-10-21-8-1-3-12-24(21)26)27-16-15-22-9-2-4-13-25(22)30(27)34-33(35)40-28/h1-14,17-18,31H,15-16,19H2,(H,36,37)/b28-18-. The van der Waals surface area contributed by atoms with Crippen LogP contribution in [0.25, 0.3) is 22.5 Å². The molecular weight excluding hydrogens is 520 g/mol. The average molecular weight is 545 g/mol. The lowest BCUT2D eigenvalue weighted by atomic mass is 9.82. The zero-order valence-corrected chi connectivity index (χ0v) is 22.2. The van der Waals surface area contributed by atoms with Crippen molar-refractivity contribution in [3.05, 3.63) is 139 Å². The van der Waals surface area contributed by atoms with Gasteiger partial charge in [-0.05, 0) is 64.1 Å². The number of ether oxygens (including phenoxy) is 1. The van der Waals surface area contributed by atoms with Crippen molar-refractivity contribution in [3.63, 3.8) is 0 Å². The number of benzene rings is 4. The maximum Gasteiger partial charge on any atom is 0.341 e. The summed E-state index contributed by atoms with van der Waals surface area (Å²) in [5.41, 5.74) is 6.30. The third-order valence-electron chi connectivity index (χ3n) is 7.51. The summed E-state index contributed by atoms with van der Waals surface area (Å²) in [6, 6.07) is 29.8. The molecule has 0 spiro atoms. The molecule has 1 aliphatic heterocycles. The van der Waals surface area contributed by atoms with Crippen molar-refractivity contribution in [1.29, 1.82) is 0 Å². The molecule has 0 radical (unpaired) electrons. The highest BCUT2D eigenvalue weighted by Crippen LogP contribution is 2.42. The Kier molecular flexibility index (Phi) is 5.94. The minimum absolute atomic E-state index is 0.0936. The predicted octanol–water partition coefficient (Wildman–Crippen LogP) is 4.94. The molecule has 2 heterocycles. The summed E-state index contributed by atoms with van der Waals surface area (Å²) in [6.07, 6.45) is 3.56. The van der Waals surface area contributed by atoms with E-state index in [9.17, 15) is 9.59 Å². The largest absolute Gasteiger partial charge is 0.482 e. The number of aliphatic carboxylic acids is 1. The van der Waals surface area contributed by atoms with Crippen LogP contribution < -0.4 is 19.6 Å². The van der Waals surface area contributed by atoms with Gasteiger partial charge in [0.25, 0.3) is 5.56 Å². The van der Waals surface area contributed by atoms with Gasteiger partial charge in [0.05, 0.1) is 16.3 Å². The topological polar surface area (TPSA) is 80.9 Å². The Bertz CT molecular complexity index is 2030. The number of hydrogen-bond acceptors (Lipinski definition) is 5. The van der Waals surface area contributed by atoms with Crippen molar-refractivity contribution in [2.75, 3.05) is 6.61 Å². The average Bonchev–Trinajstić information content (AvgIpc) is 3.29. The van der Waals surface area contributed by atoms with Crippen LogP contribution in [0, 0.1) is 0 Å². The second kappa shape index (κ2) is 9.77. The van der Waals surface area contributed by atoms with Crippen LogP contribution in [0.15, 0.2) is 106 Å². The van der Waals surface area contributed by atoms with Gasteiger partial charge in [-0.25, -0.2) is 9.79 Å². The fourth-order valence-corrected chi connectivity index (χ4v) is 6.78. The molecule has 7 rings (SSSR count). The second-order valence-electron chi connectivity index (χ2n) is 9.94. The van der Waals surface area contributed by atoms with Crippen molar-refractivity contribution in [1.82, 2.24) is 4.57 Å². The lowest BCUT2D eigenvalue weighted by molar-refractivity contribution is -0.139. The summed E-state index contributed by atoms with van der Waals surface area (Å²) in [7, 11) is 0. The van der Waals surface area contributed by atoms with Crippen LogP contribution in [0.4, 0.5) is 0 Å². The Labute approximate surface area is 233 Å². The van der Waals surface area contributed by atoms with Crippen LogP contribution in [0.2, 0.25) is 0 Å². The molecule has 0 saturated heterocycles. The number of allylic oxidation sites excluding steroid dienone is 1. The fraction of sp³-hybridized carbons (Fsp3) is 0.121. The number of hydrogen-bond donors (Lipinski definition) is 1. The molecule has 0 amide bonds. The van der Waals surface area contributed by atoms with E-state index in [1.54, 1.807) is 18.2 Å². The van der Waals surface area contributed by atoms with E-state index in [2.05, 4.69) is 48.5 Å². The lowest BCUT2D eigenvalue weighted by Gasteiger charge is -2.31. The van der Waals surface area contributed by atoms with Gasteiger partial charge >= 0.3 is 5.97 Å². The minimum atomic E-state index is -1.04. The van der Waals surface area contributed by atoms with Gasteiger partial charge in [0.1, 0.15) is 5.75 Å². The van der Waals surface area contributed by atoms with Crippen molar-refractivity contribution in [2.45, 2.75) is 18.9 Å². The van der Waals surface area contributed by atoms with Gasteiger partial charge in [-0.15, -0.1) is 0 Å². The molecule has 1 aromatic heterocycles. The number of rotatable bonds is 5. The number of aryl methyl sites for hydroxylation is 1. The van der Waals surface area contributed by atoms with Crippen molar-refractivity contribution in [3.8, 4) is 5.75 Å². The van der Waals surface area contributed by atoms with Crippen LogP contribution in [0.3, 0.4) is 0 Å². The normalized spacial score (nSPS) is 16.2. The highest BCUT2D eigenvalue weighted by Gasteiger charge is 2.33. The Morgan fingerprint density at radius 1 is 1.00 bits per heavy atom. The maximum atomic E-state index is 14.1. The van der Waals surface area contributed by atoms with Crippen molar-refractivity contribution < 1.29 is 14.6 Å². The number of carboxylic acids is 1. The Morgan fingerprint density at radius 2 is 1.80 bits per heavy atom. The van der Waals surface area contributed by atoms with Crippen LogP contribution in [0.1, 0.15) is 34.7 Å². The zero-order chi connectivity index (χ0) is 27.2. The first-order valence-electron chi connectivity index (χ1n) is 13.1. The van der Waals surface area contributed by atoms with Gasteiger partial charge in [-0.2, -0.15) is 0 Å². The molecule has 0 saturated carbocycles. The molecule has 40 heavy (non-hydrogen) atoms. The molecule has 1 N–H and O–H groups in total. The summed E-state index contributed by atoms with van der Waals surface area (Å²) in [5.74, 6) is -0.609. The zero-order valence-electron chi connectivity index (χ0n) is 21.4. The summed E-state index contributed by atoms with van der Waals surface area (Å²) in [5, 5.41) is 11.2. The van der Waals surface area contributed by atoms with E-state index in [0.29, 0.717) is 15.1 Å². The van der Waals surface area contributed by atoms with Crippen LogP contribution in [0.5, 0.6) is 5.75 Å². The minimum Gasteiger partial charge on any atom is -0.482 e. The smallest absolute Gasteiger partial charge is 0.341 e. The molecule has 196 valence electrons. The van der Waals surface area contributed by atoms with Gasteiger partial charge in [0, 0.05) is 5.56 Å². The Hall–Kier alpha value is -4.75. The molecule has 1 aliphatic carbocycles. The number of fused-ring (bicyclic) bond motifs is 4. The molecule has 1 unspecified atom stereocenters. The lowest BCUT2D eigenvalue weighted by Crippen LogP contribution is -2.38. The van der Waals surface area contributed by atoms with E-state index < -0.39 is 12.6 Å². The van der Waals surface area contributed by atoms with Gasteiger partial charge in [-0.3, -0.25) is 9.36 Å². The molecule has 2 aliphatic rings. The molecular formula is C33H24N2O4S. The van der Waals surface area contributed by atoms with E-state index in [-0.39, 0.29) is 11.6 Å². The maximum absolute atomic E-state index is 14.1. The van der Waals surface area contributed by atoms with Crippen LogP contribution >= 0.6 is 11.3 Å². The molecule has 7 heteroatoms. The number of thiazole rings is 1. The van der Waals surface area contributed by atoms with Crippen molar-refractivity contribution >= 4 is 39.9 Å². The third-order valence-corrected chi connectivity index (χ3v) is 8.49. The summed E-state index contributed by atoms with van der Waals surface area (Å²) in [4.78, 5) is 30.8. The van der Waals surface area contributed by atoms with Gasteiger partial charge < -0.3 is 9.84 Å². The number of nitrogens with zero attached hydrogens (tertiary/aromatic N) is 2. The first-order chi connectivity index (χ1) is 19.6. The molecule has 1 atom stereocenters. The summed E-state index contributed by atoms with van der Waals surface area (Å²) >= 11 is 1.37. The van der Waals surface area contributed by atoms with E-state index in [0.717, 1.165) is 51.6 Å². The van der Waals surface area contributed by atoms with Crippen LogP contribution in [-0.2, 0) is 11.2 Å². The van der Waals surface area contributed by atoms with Gasteiger partial charge in [-0.1, -0.05) is 90.2 Å². The summed E-state index contributed by atoms with van der Waals surface area (Å²) in [6.45, 7) is -0.427. The monoisotopic (exact) mass is 544 g/mol. The number of carbonyl (C=O) groups is 1. The third kappa shape index (κ3) is 4.15. The van der Waals surface area contributed by atoms with Crippen LogP contribution in [-0.4, -0.2) is 22.2 Å². The van der Waals surface area contributed by atoms with Gasteiger partial charge in [0.2, 0.25) is 0 Å². The number of aromatic nitrogens is 1. The van der Waals surface area contributed by atoms with E-state index in [4.69, 9.17) is 14.8 Å². The predicted molar refractivity (Wildman–Crippen MR) is 156 cm³/mol. The van der Waals surface area contributed by atoms with Crippen molar-refractivity contribution in [2.24, 2.45) is 4.99 Å². The SMILES string of the molecule is O=C(O)COc1cccc(/C=c2\sc3n(c2=O)C(c2cccc4ccccc24)C2=C(N=3)c3ccccc3CC2)c1. The first-order valence-corrected chi connectivity index (χ1v) is 13.9. The molecule has 0 bridgehead atoms. The second-order valence-corrected chi connectivity index (χ2v) is 10.9. The summed E-state index contributed by atoms with van der Waals surface area (Å²) < 4.78 is 7.77. The Balaban J connectivity index is 1.45. The highest BCUT2D eigenvalue weighted by atomic mass is 32.1. The Morgan fingerprint density at radius 3 is 2.70 bits per heavy atom. The number of carboxylic acid groups (broad SMARTS) is 1. The first kappa shape index (κ1) is 24.3.